The van der Waals surface area contributed by atoms with Crippen LogP contribution in [0.25, 0.3) is 11.0 Å². The van der Waals surface area contributed by atoms with Crippen molar-refractivity contribution in [2.75, 3.05) is 23.4 Å². The molecule has 0 aromatic carbocycles. The fourth-order valence-corrected chi connectivity index (χ4v) is 11.2. The molecule has 0 amide bonds. The van der Waals surface area contributed by atoms with E-state index in [0.29, 0.717) is 17.5 Å². The van der Waals surface area contributed by atoms with Crippen LogP contribution in [-0.2, 0) is 33.2 Å². The molecule has 0 bridgehead atoms. The fraction of sp³-hybridized carbons (Fsp3) is 0.757. The third kappa shape index (κ3) is 13.4. The molecule has 1 aliphatic carbocycles. The monoisotopic (exact) mass is 816 g/mol. The summed E-state index contributed by atoms with van der Waals surface area (Å²) in [6, 6.07) is 3.89. The van der Waals surface area contributed by atoms with E-state index < -0.39 is 66.0 Å². The number of esters is 1. The van der Waals surface area contributed by atoms with Crippen molar-refractivity contribution in [3.63, 3.8) is 0 Å². The molecular weight excluding hydrogens is 759 g/mol. The van der Waals surface area contributed by atoms with Gasteiger partial charge in [-0.2, -0.15) is 5.26 Å². The van der Waals surface area contributed by atoms with Gasteiger partial charge < -0.3 is 34.5 Å². The van der Waals surface area contributed by atoms with E-state index in [9.17, 15) is 38.1 Å². The molecule has 0 radical (unpaired) electrons. The Morgan fingerprint density at radius 3 is 2.22 bits per heavy atom. The van der Waals surface area contributed by atoms with Crippen molar-refractivity contribution in [1.82, 2.24) is 9.55 Å². The normalized spacial score (nSPS) is 21.7. The van der Waals surface area contributed by atoms with Crippen LogP contribution in [0.5, 0.6) is 0 Å². The summed E-state index contributed by atoms with van der Waals surface area (Å²) in [4.78, 5) is 26.7. The first-order valence-electron chi connectivity index (χ1n) is 19.6. The summed E-state index contributed by atoms with van der Waals surface area (Å²) in [5, 5.41) is 35.3. The van der Waals surface area contributed by atoms with Crippen LogP contribution in [-0.4, -0.2) is 81.4 Å². The number of aliphatic hydroxyl groups excluding tert-OH is 2. The number of carbonyl (C=O) groups excluding carboxylic acids is 1. The van der Waals surface area contributed by atoms with Crippen LogP contribution in [0.3, 0.4) is 0 Å². The highest BCUT2D eigenvalue weighted by molar-refractivity contribution is 7.97. The molecule has 5 atom stereocenters. The standard InChI is InChI=1S/C37H58ClN4O10PS/c1-2-3-4-5-6-7-8-9-10-11-12-13-14-15-20-31(43)50-25-51-53(46,47)26-54(48,49)24-30-33(44)34(45)37(52-30)42-22-21-28-32(40-27-18-16-17-19-27)29(23-39)35(38)41-36(28)42/h21-22,27,30,33-34,37,44-45H,2-20,24-26H2,1H3,(H,40,41)(H,46,47)/t30-,33-,34-,37-/m1/s1. The van der Waals surface area contributed by atoms with Crippen molar-refractivity contribution in [1.29, 1.82) is 5.26 Å². The summed E-state index contributed by atoms with van der Waals surface area (Å²) >= 11 is 6.39. The summed E-state index contributed by atoms with van der Waals surface area (Å²) in [6.45, 7) is 1.35. The highest BCUT2D eigenvalue weighted by Gasteiger charge is 2.47. The molecule has 2 aromatic heterocycles. The number of hydrogen-bond acceptors (Lipinski definition) is 12. The Balaban J connectivity index is 1.17. The van der Waals surface area contributed by atoms with Gasteiger partial charge >= 0.3 is 13.6 Å². The molecule has 1 saturated carbocycles. The summed E-state index contributed by atoms with van der Waals surface area (Å²) < 4.78 is 55.4. The Labute approximate surface area is 324 Å². The Morgan fingerprint density at radius 1 is 1.04 bits per heavy atom. The molecule has 17 heteroatoms. The first-order chi connectivity index (χ1) is 25.9. The maximum atomic E-state index is 13.0. The molecule has 14 nitrogen and oxygen atoms in total. The topological polar surface area (TPSA) is 210 Å². The highest BCUT2D eigenvalue weighted by Crippen LogP contribution is 2.44. The number of anilines is 1. The lowest BCUT2D eigenvalue weighted by atomic mass is 10.0. The van der Waals surface area contributed by atoms with E-state index >= 15 is 0 Å². The number of ether oxygens (including phenoxy) is 2. The largest absolute Gasteiger partial charge is 0.438 e. The van der Waals surface area contributed by atoms with Crippen molar-refractivity contribution in [3.05, 3.63) is 23.0 Å². The molecule has 1 aliphatic heterocycles. The molecule has 2 aromatic rings. The summed E-state index contributed by atoms with van der Waals surface area (Å²) in [5.41, 5.74) is -0.419. The van der Waals surface area contributed by atoms with Crippen molar-refractivity contribution >= 4 is 51.7 Å². The molecule has 2 aliphatic rings. The van der Waals surface area contributed by atoms with Crippen LogP contribution in [0, 0.1) is 11.3 Å². The van der Waals surface area contributed by atoms with Gasteiger partial charge in [-0.25, -0.2) is 13.4 Å². The van der Waals surface area contributed by atoms with E-state index in [-0.39, 0.29) is 28.8 Å². The summed E-state index contributed by atoms with van der Waals surface area (Å²) in [7, 11) is -9.18. The smallest absolute Gasteiger partial charge is 0.346 e. The molecule has 4 rings (SSSR count). The number of nitrogens with one attached hydrogen (secondary N) is 1. The maximum absolute atomic E-state index is 13.0. The van der Waals surface area contributed by atoms with Gasteiger partial charge in [0, 0.05) is 24.0 Å². The van der Waals surface area contributed by atoms with Gasteiger partial charge in [0.2, 0.25) is 6.79 Å². The molecule has 4 N–H and O–H groups in total. The number of aromatic nitrogens is 2. The third-order valence-electron chi connectivity index (χ3n) is 10.2. The minimum Gasteiger partial charge on any atom is -0.438 e. The van der Waals surface area contributed by atoms with Gasteiger partial charge in [0.05, 0.1) is 11.4 Å². The van der Waals surface area contributed by atoms with E-state index in [0.717, 1.165) is 44.9 Å². The predicted octanol–water partition coefficient (Wildman–Crippen LogP) is 7.48. The van der Waals surface area contributed by atoms with E-state index in [1.165, 1.54) is 75.0 Å². The predicted molar refractivity (Wildman–Crippen MR) is 207 cm³/mol. The molecule has 304 valence electrons. The molecule has 1 saturated heterocycles. The van der Waals surface area contributed by atoms with Gasteiger partial charge in [-0.1, -0.05) is 115 Å². The second-order valence-corrected chi connectivity index (χ2v) is 19.4. The Bertz CT molecular complexity index is 1700. The van der Waals surface area contributed by atoms with Gasteiger partial charge in [-0.05, 0) is 25.3 Å². The summed E-state index contributed by atoms with van der Waals surface area (Å²) in [6.07, 6.45) is 16.1. The van der Waals surface area contributed by atoms with Crippen molar-refractivity contribution in [2.24, 2.45) is 0 Å². The van der Waals surface area contributed by atoms with Gasteiger partial charge in [-0.3, -0.25) is 13.9 Å². The number of aliphatic hydroxyl groups is 2. The van der Waals surface area contributed by atoms with E-state index in [1.807, 2.05) is 0 Å². The molecular formula is C37H58ClN4O10PS. The molecule has 54 heavy (non-hydrogen) atoms. The molecule has 0 spiro atoms. The second kappa shape index (κ2) is 21.9. The Morgan fingerprint density at radius 2 is 1.63 bits per heavy atom. The van der Waals surface area contributed by atoms with Crippen molar-refractivity contribution in [3.8, 4) is 6.07 Å². The van der Waals surface area contributed by atoms with Crippen molar-refractivity contribution in [2.45, 2.75) is 160 Å². The molecule has 2 fully saturated rings. The number of unbranched alkanes of at least 4 members (excludes halogenated alkanes) is 13. The first-order valence-corrected chi connectivity index (χ1v) is 23.5. The fourth-order valence-electron chi connectivity index (χ4n) is 7.27. The van der Waals surface area contributed by atoms with Gasteiger partial charge in [-0.15, -0.1) is 0 Å². The number of hydrogen-bond donors (Lipinski definition) is 4. The van der Waals surface area contributed by atoms with E-state index in [2.05, 4.69) is 23.3 Å². The zero-order chi connectivity index (χ0) is 39.1. The number of nitrogens with zero attached hydrogens (tertiary/aromatic N) is 3. The van der Waals surface area contributed by atoms with Crippen LogP contribution < -0.4 is 5.32 Å². The number of fused-ring (bicyclic) bond motifs is 1. The lowest BCUT2D eigenvalue weighted by molar-refractivity contribution is -0.150. The maximum Gasteiger partial charge on any atom is 0.346 e. The quantitative estimate of drug-likeness (QED) is 0.0252. The van der Waals surface area contributed by atoms with E-state index in [1.54, 1.807) is 6.07 Å². The number of halogens is 1. The number of pyridine rings is 1. The van der Waals surface area contributed by atoms with Crippen LogP contribution >= 0.6 is 19.2 Å². The number of carbonyl (C=O) groups is 1. The third-order valence-corrected chi connectivity index (χ3v) is 14.7. The van der Waals surface area contributed by atoms with E-state index in [4.69, 9.17) is 25.6 Å². The minimum absolute atomic E-state index is 0.0724. The average molecular weight is 817 g/mol. The van der Waals surface area contributed by atoms with Crippen LogP contribution in [0.15, 0.2) is 12.3 Å². The number of nitriles is 1. The zero-order valence-electron chi connectivity index (χ0n) is 31.4. The molecule has 3 heterocycles. The molecule has 1 unspecified atom stereocenters. The lowest BCUT2D eigenvalue weighted by Gasteiger charge is -2.19. The van der Waals surface area contributed by atoms with Crippen LogP contribution in [0.1, 0.15) is 141 Å². The minimum atomic E-state index is -4.78. The van der Waals surface area contributed by atoms with Crippen molar-refractivity contribution < 1.29 is 46.9 Å². The Kier molecular flexibility index (Phi) is 18.0. The highest BCUT2D eigenvalue weighted by atomic mass is 35.5. The van der Waals surface area contributed by atoms with Crippen LogP contribution in [0.2, 0.25) is 5.15 Å². The number of rotatable bonds is 25. The number of sulfone groups is 1. The second-order valence-electron chi connectivity index (χ2n) is 14.7. The SMILES string of the molecule is CCCCCCCCCCCCCCCCC(=O)OCOP(=O)(O)CS(=O)(=O)C[C@H]1O[C@@H](n2ccc3c(NC4CCCC4)c(C#N)c(Cl)nc32)[C@H](O)[C@@H]1O. The van der Waals surface area contributed by atoms with Gasteiger partial charge in [0.1, 0.15) is 35.6 Å². The summed E-state index contributed by atoms with van der Waals surface area (Å²) in [5.74, 6) is -1.52. The average Bonchev–Trinajstić information content (AvgIpc) is 3.84. The zero-order valence-corrected chi connectivity index (χ0v) is 33.8. The van der Waals surface area contributed by atoms with Gasteiger partial charge in [0.15, 0.2) is 26.7 Å². The Hall–Kier alpha value is -2.28. The first kappa shape index (κ1) is 44.4. The van der Waals surface area contributed by atoms with Crippen LogP contribution in [0.4, 0.5) is 5.69 Å². The van der Waals surface area contributed by atoms with Gasteiger partial charge in [0.25, 0.3) is 0 Å². The lowest BCUT2D eigenvalue weighted by Crippen LogP contribution is -2.36.